The standard InChI is InChI=1S/C14H16ClN3S/c1-9(2)12-7-13(16)18-14(17-12)8-19-11-5-3-4-10(15)6-11/h3-7,9H,8H2,1-2H3,(H2,16,17,18). The van der Waals surface area contributed by atoms with Crippen molar-refractivity contribution in [1.29, 1.82) is 0 Å². The van der Waals surface area contributed by atoms with Gasteiger partial charge in [-0.2, -0.15) is 0 Å². The normalized spacial score (nSPS) is 10.9. The quantitative estimate of drug-likeness (QED) is 0.861. The second kappa shape index (κ2) is 6.26. The summed E-state index contributed by atoms with van der Waals surface area (Å²) in [6.45, 7) is 4.19. The van der Waals surface area contributed by atoms with Crippen LogP contribution in [0, 0.1) is 0 Å². The average molecular weight is 294 g/mol. The third-order valence-corrected chi connectivity index (χ3v) is 3.79. The van der Waals surface area contributed by atoms with E-state index in [1.54, 1.807) is 11.8 Å². The zero-order valence-corrected chi connectivity index (χ0v) is 12.5. The van der Waals surface area contributed by atoms with Crippen LogP contribution >= 0.6 is 23.4 Å². The fraction of sp³-hybridized carbons (Fsp3) is 0.286. The van der Waals surface area contributed by atoms with Crippen LogP contribution in [0.3, 0.4) is 0 Å². The van der Waals surface area contributed by atoms with Crippen molar-refractivity contribution in [2.24, 2.45) is 0 Å². The molecule has 2 N–H and O–H groups in total. The number of rotatable bonds is 4. The molecule has 0 saturated carbocycles. The van der Waals surface area contributed by atoms with E-state index >= 15 is 0 Å². The Bertz CT molecular complexity index is 572. The van der Waals surface area contributed by atoms with Gasteiger partial charge < -0.3 is 5.73 Å². The van der Waals surface area contributed by atoms with Crippen molar-refractivity contribution in [3.8, 4) is 0 Å². The Balaban J connectivity index is 2.11. The lowest BCUT2D eigenvalue weighted by Crippen LogP contribution is -2.03. The molecular formula is C14H16ClN3S. The number of aromatic nitrogens is 2. The lowest BCUT2D eigenvalue weighted by Gasteiger charge is -2.08. The van der Waals surface area contributed by atoms with E-state index in [1.165, 1.54) is 0 Å². The molecule has 5 heteroatoms. The molecule has 0 bridgehead atoms. The van der Waals surface area contributed by atoms with Crippen molar-refractivity contribution >= 4 is 29.2 Å². The van der Waals surface area contributed by atoms with Gasteiger partial charge in [0, 0.05) is 21.7 Å². The van der Waals surface area contributed by atoms with Crippen molar-refractivity contribution in [2.45, 2.75) is 30.4 Å². The van der Waals surface area contributed by atoms with Crippen LogP contribution in [-0.2, 0) is 5.75 Å². The Morgan fingerprint density at radius 3 is 2.74 bits per heavy atom. The lowest BCUT2D eigenvalue weighted by atomic mass is 10.1. The van der Waals surface area contributed by atoms with E-state index < -0.39 is 0 Å². The molecule has 1 aromatic carbocycles. The molecule has 0 amide bonds. The van der Waals surface area contributed by atoms with Gasteiger partial charge in [-0.15, -0.1) is 11.8 Å². The van der Waals surface area contributed by atoms with Crippen LogP contribution in [0.2, 0.25) is 5.02 Å². The largest absolute Gasteiger partial charge is 0.384 e. The van der Waals surface area contributed by atoms with Crippen LogP contribution in [0.15, 0.2) is 35.2 Å². The second-order valence-corrected chi connectivity index (χ2v) is 6.02. The van der Waals surface area contributed by atoms with Gasteiger partial charge in [-0.1, -0.05) is 31.5 Å². The van der Waals surface area contributed by atoms with Crippen LogP contribution < -0.4 is 5.73 Å². The maximum Gasteiger partial charge on any atom is 0.141 e. The number of hydrogen-bond acceptors (Lipinski definition) is 4. The maximum atomic E-state index is 5.95. The summed E-state index contributed by atoms with van der Waals surface area (Å²) in [6.07, 6.45) is 0. The topological polar surface area (TPSA) is 51.8 Å². The van der Waals surface area contributed by atoms with Crippen LogP contribution in [0.4, 0.5) is 5.82 Å². The number of thioether (sulfide) groups is 1. The van der Waals surface area contributed by atoms with Gasteiger partial charge in [0.1, 0.15) is 11.6 Å². The van der Waals surface area contributed by atoms with Gasteiger partial charge in [-0.05, 0) is 24.1 Å². The zero-order chi connectivity index (χ0) is 13.8. The van der Waals surface area contributed by atoms with Crippen LogP contribution in [-0.4, -0.2) is 9.97 Å². The molecule has 0 unspecified atom stereocenters. The molecule has 0 fully saturated rings. The Kier molecular flexibility index (Phi) is 4.66. The Labute approximate surface area is 122 Å². The first-order chi connectivity index (χ1) is 9.04. The monoisotopic (exact) mass is 293 g/mol. The van der Waals surface area contributed by atoms with Crippen LogP contribution in [0.5, 0.6) is 0 Å². The smallest absolute Gasteiger partial charge is 0.141 e. The van der Waals surface area contributed by atoms with Gasteiger partial charge in [0.15, 0.2) is 0 Å². The number of nitrogens with two attached hydrogens (primary N) is 1. The molecule has 0 aliphatic carbocycles. The minimum Gasteiger partial charge on any atom is -0.384 e. The molecule has 0 spiro atoms. The summed E-state index contributed by atoms with van der Waals surface area (Å²) in [5, 5.41) is 0.737. The summed E-state index contributed by atoms with van der Waals surface area (Å²) in [7, 11) is 0. The molecule has 3 nitrogen and oxygen atoms in total. The fourth-order valence-corrected chi connectivity index (χ4v) is 2.67. The number of hydrogen-bond donors (Lipinski definition) is 1. The van der Waals surface area contributed by atoms with Gasteiger partial charge in [0.05, 0.1) is 5.75 Å². The number of nitrogens with zero attached hydrogens (tertiary/aromatic N) is 2. The fourth-order valence-electron chi connectivity index (χ4n) is 1.60. The van der Waals surface area contributed by atoms with Crippen LogP contribution in [0.1, 0.15) is 31.3 Å². The van der Waals surface area contributed by atoms with E-state index in [1.807, 2.05) is 30.3 Å². The highest BCUT2D eigenvalue weighted by Gasteiger charge is 2.07. The molecule has 0 aliphatic rings. The third kappa shape index (κ3) is 4.11. The summed E-state index contributed by atoms with van der Waals surface area (Å²) in [4.78, 5) is 9.89. The predicted molar refractivity (Wildman–Crippen MR) is 81.5 cm³/mol. The summed E-state index contributed by atoms with van der Waals surface area (Å²) < 4.78 is 0. The summed E-state index contributed by atoms with van der Waals surface area (Å²) >= 11 is 7.61. The Morgan fingerprint density at radius 2 is 2.05 bits per heavy atom. The van der Waals surface area contributed by atoms with Crippen molar-refractivity contribution in [3.63, 3.8) is 0 Å². The SMILES string of the molecule is CC(C)c1cc(N)nc(CSc2cccc(Cl)c2)n1. The molecule has 0 saturated heterocycles. The molecule has 2 aromatic rings. The van der Waals surface area contributed by atoms with Gasteiger partial charge >= 0.3 is 0 Å². The molecule has 1 heterocycles. The Hall–Kier alpha value is -1.26. The molecule has 0 aliphatic heterocycles. The van der Waals surface area contributed by atoms with E-state index in [2.05, 4.69) is 23.8 Å². The van der Waals surface area contributed by atoms with Crippen molar-refractivity contribution < 1.29 is 0 Å². The van der Waals surface area contributed by atoms with Gasteiger partial charge in [-0.3, -0.25) is 0 Å². The van der Waals surface area contributed by atoms with E-state index in [0.29, 0.717) is 17.5 Å². The maximum absolute atomic E-state index is 5.95. The highest BCUT2D eigenvalue weighted by atomic mass is 35.5. The number of nitrogen functional groups attached to an aromatic ring is 1. The summed E-state index contributed by atoms with van der Waals surface area (Å²) in [5.41, 5.74) is 6.79. The van der Waals surface area contributed by atoms with E-state index in [0.717, 1.165) is 21.4 Å². The van der Waals surface area contributed by atoms with Crippen molar-refractivity contribution in [3.05, 3.63) is 46.9 Å². The number of benzene rings is 1. The van der Waals surface area contributed by atoms with Crippen molar-refractivity contribution in [1.82, 2.24) is 9.97 Å². The Morgan fingerprint density at radius 1 is 1.26 bits per heavy atom. The van der Waals surface area contributed by atoms with Crippen molar-refractivity contribution in [2.75, 3.05) is 5.73 Å². The first kappa shape index (κ1) is 14.2. The van der Waals surface area contributed by atoms with Gasteiger partial charge in [-0.25, -0.2) is 9.97 Å². The molecule has 0 radical (unpaired) electrons. The molecule has 2 rings (SSSR count). The molecule has 19 heavy (non-hydrogen) atoms. The third-order valence-electron chi connectivity index (χ3n) is 2.57. The van der Waals surface area contributed by atoms with Gasteiger partial charge in [0.2, 0.25) is 0 Å². The van der Waals surface area contributed by atoms with E-state index in [4.69, 9.17) is 17.3 Å². The minimum absolute atomic E-state index is 0.347. The highest BCUT2D eigenvalue weighted by Crippen LogP contribution is 2.25. The number of anilines is 1. The summed E-state index contributed by atoms with van der Waals surface area (Å²) in [5.74, 6) is 2.32. The van der Waals surface area contributed by atoms with Crippen LogP contribution in [0.25, 0.3) is 0 Å². The molecule has 1 aromatic heterocycles. The average Bonchev–Trinajstić information content (AvgIpc) is 2.36. The number of halogens is 1. The van der Waals surface area contributed by atoms with E-state index in [9.17, 15) is 0 Å². The second-order valence-electron chi connectivity index (χ2n) is 4.53. The predicted octanol–water partition coefficient (Wildman–Crippen LogP) is 4.13. The zero-order valence-electron chi connectivity index (χ0n) is 10.9. The molecular weight excluding hydrogens is 278 g/mol. The first-order valence-electron chi connectivity index (χ1n) is 6.06. The first-order valence-corrected chi connectivity index (χ1v) is 7.42. The molecule has 100 valence electrons. The molecule has 0 atom stereocenters. The summed E-state index contributed by atoms with van der Waals surface area (Å²) in [6, 6.07) is 9.58. The minimum atomic E-state index is 0.347. The lowest BCUT2D eigenvalue weighted by molar-refractivity contribution is 0.801. The van der Waals surface area contributed by atoms with E-state index in [-0.39, 0.29) is 0 Å². The van der Waals surface area contributed by atoms with Gasteiger partial charge in [0.25, 0.3) is 0 Å². The highest BCUT2D eigenvalue weighted by molar-refractivity contribution is 7.98.